The molecule has 1 unspecified atom stereocenters. The van der Waals surface area contributed by atoms with Gasteiger partial charge in [-0.3, -0.25) is 9.69 Å². The van der Waals surface area contributed by atoms with Crippen molar-refractivity contribution in [2.75, 3.05) is 19.6 Å². The first-order chi connectivity index (χ1) is 10.3. The lowest BCUT2D eigenvalue weighted by molar-refractivity contribution is -0.126. The van der Waals surface area contributed by atoms with Crippen molar-refractivity contribution in [3.05, 3.63) is 24.3 Å². The highest BCUT2D eigenvalue weighted by atomic mass is 16.2. The molecule has 1 amide bonds. The van der Waals surface area contributed by atoms with E-state index in [2.05, 4.69) is 25.5 Å². The van der Waals surface area contributed by atoms with Crippen LogP contribution in [0.3, 0.4) is 0 Å². The van der Waals surface area contributed by atoms with Gasteiger partial charge in [0.1, 0.15) is 6.33 Å². The average molecular weight is 289 g/mol. The number of nitrogens with zero attached hydrogens (tertiary/aromatic N) is 3. The molecule has 114 valence electrons. The quantitative estimate of drug-likeness (QED) is 0.835. The first kappa shape index (κ1) is 14.4. The maximum absolute atomic E-state index is 12.5. The molecule has 2 aliphatic heterocycles. The van der Waals surface area contributed by atoms with E-state index in [1.54, 1.807) is 6.20 Å². The second-order valence-electron chi connectivity index (χ2n) is 5.80. The monoisotopic (exact) mass is 289 g/mol. The Morgan fingerprint density at radius 3 is 3.00 bits per heavy atom. The molecule has 0 radical (unpaired) electrons. The van der Waals surface area contributed by atoms with Gasteiger partial charge < -0.3 is 10.6 Å². The summed E-state index contributed by atoms with van der Waals surface area (Å²) in [5, 5.41) is 6.41. The topological polar surface area (TPSA) is 70.2 Å². The maximum atomic E-state index is 12.5. The van der Waals surface area contributed by atoms with Crippen LogP contribution < -0.4 is 10.6 Å². The molecule has 2 saturated heterocycles. The highest BCUT2D eigenvalue weighted by molar-refractivity contribution is 5.82. The Kier molecular flexibility index (Phi) is 4.77. The van der Waals surface area contributed by atoms with Crippen molar-refractivity contribution in [2.24, 2.45) is 0 Å². The molecular formula is C15H23N5O. The minimum atomic E-state index is 0.0370. The Balaban J connectivity index is 1.55. The van der Waals surface area contributed by atoms with Crippen LogP contribution in [0.15, 0.2) is 18.6 Å². The highest BCUT2D eigenvalue weighted by Crippen LogP contribution is 2.24. The third-order valence-electron chi connectivity index (χ3n) is 4.46. The maximum Gasteiger partial charge on any atom is 0.237 e. The first-order valence-corrected chi connectivity index (χ1v) is 7.83. The Morgan fingerprint density at radius 1 is 1.38 bits per heavy atom. The standard InChI is InChI=1S/C15H23N5O/c21-15(18-10-12-3-6-17-11-19-12)14-2-1-9-20(14)13-4-7-16-8-5-13/h3,6,11,13-14,16H,1-2,4-5,7-10H2,(H,18,21). The molecule has 6 nitrogen and oxygen atoms in total. The van der Waals surface area contributed by atoms with Crippen molar-refractivity contribution in [1.82, 2.24) is 25.5 Å². The van der Waals surface area contributed by atoms with Crippen molar-refractivity contribution in [2.45, 2.75) is 44.3 Å². The fraction of sp³-hybridized carbons (Fsp3) is 0.667. The zero-order chi connectivity index (χ0) is 14.5. The van der Waals surface area contributed by atoms with Gasteiger partial charge in [0.2, 0.25) is 5.91 Å². The molecule has 6 heteroatoms. The summed E-state index contributed by atoms with van der Waals surface area (Å²) in [4.78, 5) is 22.9. The van der Waals surface area contributed by atoms with Gasteiger partial charge in [-0.25, -0.2) is 9.97 Å². The van der Waals surface area contributed by atoms with Gasteiger partial charge in [0.05, 0.1) is 18.3 Å². The van der Waals surface area contributed by atoms with Crippen molar-refractivity contribution in [3.8, 4) is 0 Å². The lowest BCUT2D eigenvalue weighted by atomic mass is 10.0. The number of carbonyl (C=O) groups excluding carboxylic acids is 1. The van der Waals surface area contributed by atoms with Crippen LogP contribution >= 0.6 is 0 Å². The number of aromatic nitrogens is 2. The summed E-state index contributed by atoms with van der Waals surface area (Å²) >= 11 is 0. The number of hydrogen-bond donors (Lipinski definition) is 2. The largest absolute Gasteiger partial charge is 0.349 e. The Labute approximate surface area is 125 Å². The number of likely N-dealkylation sites (tertiary alicyclic amines) is 1. The van der Waals surface area contributed by atoms with E-state index < -0.39 is 0 Å². The van der Waals surface area contributed by atoms with Crippen LogP contribution in [0.25, 0.3) is 0 Å². The summed E-state index contributed by atoms with van der Waals surface area (Å²) in [7, 11) is 0. The summed E-state index contributed by atoms with van der Waals surface area (Å²) < 4.78 is 0. The minimum Gasteiger partial charge on any atom is -0.349 e. The first-order valence-electron chi connectivity index (χ1n) is 7.83. The van der Waals surface area contributed by atoms with Crippen molar-refractivity contribution < 1.29 is 4.79 Å². The van der Waals surface area contributed by atoms with E-state index in [0.29, 0.717) is 12.6 Å². The lowest BCUT2D eigenvalue weighted by Gasteiger charge is -2.35. The predicted octanol–water partition coefficient (Wildman–Crippen LogP) is 0.309. The molecule has 1 aromatic rings. The smallest absolute Gasteiger partial charge is 0.237 e. The zero-order valence-electron chi connectivity index (χ0n) is 12.3. The van der Waals surface area contributed by atoms with Crippen molar-refractivity contribution in [1.29, 1.82) is 0 Å². The molecule has 1 aromatic heterocycles. The van der Waals surface area contributed by atoms with E-state index in [0.717, 1.165) is 51.0 Å². The van der Waals surface area contributed by atoms with E-state index in [-0.39, 0.29) is 11.9 Å². The van der Waals surface area contributed by atoms with Gasteiger partial charge in [0.15, 0.2) is 0 Å². The summed E-state index contributed by atoms with van der Waals surface area (Å²) in [6.07, 6.45) is 7.60. The molecular weight excluding hydrogens is 266 g/mol. The molecule has 0 saturated carbocycles. The van der Waals surface area contributed by atoms with Crippen LogP contribution in [0, 0.1) is 0 Å². The number of carbonyl (C=O) groups is 1. The molecule has 0 bridgehead atoms. The number of rotatable bonds is 4. The Hall–Kier alpha value is -1.53. The van der Waals surface area contributed by atoms with E-state index in [1.165, 1.54) is 6.33 Å². The van der Waals surface area contributed by atoms with E-state index in [1.807, 2.05) is 6.07 Å². The summed E-state index contributed by atoms with van der Waals surface area (Å²) in [5.74, 6) is 0.143. The van der Waals surface area contributed by atoms with Crippen LogP contribution in [0.2, 0.25) is 0 Å². The van der Waals surface area contributed by atoms with Crippen LogP contribution in [0.1, 0.15) is 31.4 Å². The average Bonchev–Trinajstić information content (AvgIpc) is 3.04. The van der Waals surface area contributed by atoms with Crippen LogP contribution in [-0.2, 0) is 11.3 Å². The van der Waals surface area contributed by atoms with Crippen LogP contribution in [-0.4, -0.2) is 52.5 Å². The second kappa shape index (κ2) is 6.95. The molecule has 0 spiro atoms. The van der Waals surface area contributed by atoms with Gasteiger partial charge in [0, 0.05) is 12.2 Å². The van der Waals surface area contributed by atoms with Crippen molar-refractivity contribution >= 4 is 5.91 Å². The summed E-state index contributed by atoms with van der Waals surface area (Å²) in [5.41, 5.74) is 0.852. The number of amides is 1. The van der Waals surface area contributed by atoms with Crippen molar-refractivity contribution in [3.63, 3.8) is 0 Å². The molecule has 21 heavy (non-hydrogen) atoms. The predicted molar refractivity (Wildman–Crippen MR) is 79.5 cm³/mol. The van der Waals surface area contributed by atoms with E-state index in [4.69, 9.17) is 0 Å². The van der Waals surface area contributed by atoms with E-state index in [9.17, 15) is 4.79 Å². The molecule has 0 aromatic carbocycles. The molecule has 2 fully saturated rings. The molecule has 2 aliphatic rings. The third kappa shape index (κ3) is 3.57. The number of nitrogens with one attached hydrogen (secondary N) is 2. The molecule has 3 rings (SSSR count). The molecule has 3 heterocycles. The fourth-order valence-electron chi connectivity index (χ4n) is 3.36. The van der Waals surface area contributed by atoms with Gasteiger partial charge in [-0.2, -0.15) is 0 Å². The van der Waals surface area contributed by atoms with Crippen LogP contribution in [0.4, 0.5) is 0 Å². The Morgan fingerprint density at radius 2 is 2.24 bits per heavy atom. The van der Waals surface area contributed by atoms with Crippen LogP contribution in [0.5, 0.6) is 0 Å². The fourth-order valence-corrected chi connectivity index (χ4v) is 3.36. The minimum absolute atomic E-state index is 0.0370. The summed E-state index contributed by atoms with van der Waals surface area (Å²) in [6, 6.07) is 2.43. The number of hydrogen-bond acceptors (Lipinski definition) is 5. The zero-order valence-corrected chi connectivity index (χ0v) is 12.3. The van der Waals surface area contributed by atoms with Gasteiger partial charge in [0.25, 0.3) is 0 Å². The normalized spacial score (nSPS) is 24.1. The van der Waals surface area contributed by atoms with E-state index >= 15 is 0 Å². The summed E-state index contributed by atoms with van der Waals surface area (Å²) in [6.45, 7) is 3.67. The Bertz CT molecular complexity index is 460. The second-order valence-corrected chi connectivity index (χ2v) is 5.80. The highest BCUT2D eigenvalue weighted by Gasteiger charge is 2.35. The lowest BCUT2D eigenvalue weighted by Crippen LogP contribution is -2.50. The molecule has 2 N–H and O–H groups in total. The van der Waals surface area contributed by atoms with Gasteiger partial charge in [-0.1, -0.05) is 0 Å². The molecule has 1 atom stereocenters. The van der Waals surface area contributed by atoms with Gasteiger partial charge in [-0.05, 0) is 51.4 Å². The molecule has 0 aliphatic carbocycles. The van der Waals surface area contributed by atoms with Gasteiger partial charge in [-0.15, -0.1) is 0 Å². The number of piperidine rings is 1. The third-order valence-corrected chi connectivity index (χ3v) is 4.46. The van der Waals surface area contributed by atoms with Gasteiger partial charge >= 0.3 is 0 Å². The SMILES string of the molecule is O=C(NCc1ccncn1)C1CCCN1C1CCNCC1.